The zero-order chi connectivity index (χ0) is 16.8. The van der Waals surface area contributed by atoms with E-state index in [4.69, 9.17) is 4.74 Å². The quantitative estimate of drug-likeness (QED) is 0.820. The van der Waals surface area contributed by atoms with Crippen molar-refractivity contribution in [2.24, 2.45) is 0 Å². The number of benzene rings is 1. The van der Waals surface area contributed by atoms with Crippen LogP contribution in [0.3, 0.4) is 0 Å². The molecule has 0 bridgehead atoms. The average Bonchev–Trinajstić information content (AvgIpc) is 2.95. The first-order valence-corrected chi connectivity index (χ1v) is 7.03. The van der Waals surface area contributed by atoms with Crippen molar-refractivity contribution in [2.45, 2.75) is 19.5 Å². The van der Waals surface area contributed by atoms with Gasteiger partial charge in [0.1, 0.15) is 17.7 Å². The third-order valence-corrected chi connectivity index (χ3v) is 3.12. The third-order valence-electron chi connectivity index (χ3n) is 3.12. The van der Waals surface area contributed by atoms with Crippen molar-refractivity contribution >= 4 is 17.3 Å². The fraction of sp³-hybridized carbons (Fsp3) is 0.333. The summed E-state index contributed by atoms with van der Waals surface area (Å²) in [7, 11) is 1.60. The standard InChI is InChI=1S/C15H18F2N4O2/c1-10(19-12-8-18-21(9-12)5-6-23-2)15(22)20-14-4-3-11(16)7-13(14)17/h3-4,7-10,19H,5-6H2,1-2H3,(H,20,22). The molecule has 23 heavy (non-hydrogen) atoms. The van der Waals surface area contributed by atoms with Gasteiger partial charge in [-0.25, -0.2) is 8.78 Å². The molecule has 2 aromatic rings. The fourth-order valence-corrected chi connectivity index (χ4v) is 1.89. The Hall–Kier alpha value is -2.48. The number of halogens is 2. The Morgan fingerprint density at radius 3 is 2.91 bits per heavy atom. The van der Waals surface area contributed by atoms with Gasteiger partial charge in [-0.15, -0.1) is 0 Å². The molecule has 0 aliphatic heterocycles. The van der Waals surface area contributed by atoms with Crippen LogP contribution in [0.25, 0.3) is 0 Å². The zero-order valence-corrected chi connectivity index (χ0v) is 12.8. The molecule has 6 nitrogen and oxygen atoms in total. The lowest BCUT2D eigenvalue weighted by Gasteiger charge is -2.14. The van der Waals surface area contributed by atoms with Crippen molar-refractivity contribution in [3.8, 4) is 0 Å². The minimum Gasteiger partial charge on any atom is -0.383 e. The van der Waals surface area contributed by atoms with Crippen LogP contribution in [0, 0.1) is 11.6 Å². The Kier molecular flexibility index (Phi) is 5.64. The highest BCUT2D eigenvalue weighted by Gasteiger charge is 2.15. The van der Waals surface area contributed by atoms with Gasteiger partial charge in [-0.05, 0) is 19.1 Å². The van der Waals surface area contributed by atoms with Gasteiger partial charge in [0.15, 0.2) is 0 Å². The average molecular weight is 324 g/mol. The molecule has 1 heterocycles. The number of nitrogens with one attached hydrogen (secondary N) is 2. The molecule has 0 saturated carbocycles. The maximum Gasteiger partial charge on any atom is 0.246 e. The second kappa shape index (κ2) is 7.68. The van der Waals surface area contributed by atoms with E-state index in [1.165, 1.54) is 6.07 Å². The van der Waals surface area contributed by atoms with Gasteiger partial charge < -0.3 is 15.4 Å². The molecule has 124 valence electrons. The van der Waals surface area contributed by atoms with Gasteiger partial charge in [-0.1, -0.05) is 0 Å². The SMILES string of the molecule is COCCn1cc(NC(C)C(=O)Nc2ccc(F)cc2F)cn1. The second-order valence-corrected chi connectivity index (χ2v) is 4.96. The van der Waals surface area contributed by atoms with E-state index in [0.717, 1.165) is 6.07 Å². The Bertz CT molecular complexity index is 675. The first-order valence-electron chi connectivity index (χ1n) is 7.03. The second-order valence-electron chi connectivity index (χ2n) is 4.96. The summed E-state index contributed by atoms with van der Waals surface area (Å²) in [6.07, 6.45) is 3.32. The smallest absolute Gasteiger partial charge is 0.246 e. The van der Waals surface area contributed by atoms with Crippen LogP contribution < -0.4 is 10.6 Å². The monoisotopic (exact) mass is 324 g/mol. The molecule has 0 spiro atoms. The number of carbonyl (C=O) groups excluding carboxylic acids is 1. The van der Waals surface area contributed by atoms with Crippen molar-refractivity contribution in [2.75, 3.05) is 24.4 Å². The Labute approximate surface area is 132 Å². The van der Waals surface area contributed by atoms with Gasteiger partial charge in [0.05, 0.1) is 30.7 Å². The number of methoxy groups -OCH3 is 1. The van der Waals surface area contributed by atoms with Gasteiger partial charge >= 0.3 is 0 Å². The van der Waals surface area contributed by atoms with Gasteiger partial charge in [0.2, 0.25) is 5.91 Å². The van der Waals surface area contributed by atoms with E-state index in [1.807, 2.05) is 0 Å². The molecule has 0 aliphatic rings. The molecule has 0 aliphatic carbocycles. The number of hydrogen-bond acceptors (Lipinski definition) is 4. The van der Waals surface area contributed by atoms with Crippen molar-refractivity contribution in [3.63, 3.8) is 0 Å². The molecule has 1 aromatic heterocycles. The summed E-state index contributed by atoms with van der Waals surface area (Å²) in [4.78, 5) is 12.1. The van der Waals surface area contributed by atoms with Crippen LogP contribution in [0.15, 0.2) is 30.6 Å². The minimum atomic E-state index is -0.821. The van der Waals surface area contributed by atoms with E-state index >= 15 is 0 Å². The zero-order valence-electron chi connectivity index (χ0n) is 12.8. The van der Waals surface area contributed by atoms with Crippen molar-refractivity contribution in [3.05, 3.63) is 42.2 Å². The predicted molar refractivity (Wildman–Crippen MR) is 82.2 cm³/mol. The predicted octanol–water partition coefficient (Wildman–Crippen LogP) is 2.25. The number of aromatic nitrogens is 2. The van der Waals surface area contributed by atoms with Crippen LogP contribution in [0.1, 0.15) is 6.92 Å². The van der Waals surface area contributed by atoms with Crippen LogP contribution in [-0.4, -0.2) is 35.4 Å². The highest BCUT2D eigenvalue weighted by molar-refractivity contribution is 5.96. The van der Waals surface area contributed by atoms with Crippen LogP contribution in [0.5, 0.6) is 0 Å². The summed E-state index contributed by atoms with van der Waals surface area (Å²) in [5.74, 6) is -1.96. The van der Waals surface area contributed by atoms with Crippen molar-refractivity contribution < 1.29 is 18.3 Å². The molecule has 2 rings (SSSR count). The molecule has 2 N–H and O–H groups in total. The Morgan fingerprint density at radius 2 is 2.22 bits per heavy atom. The molecule has 1 unspecified atom stereocenters. The number of carbonyl (C=O) groups is 1. The molecule has 1 amide bonds. The Balaban J connectivity index is 1.93. The van der Waals surface area contributed by atoms with Gasteiger partial charge in [-0.2, -0.15) is 5.10 Å². The van der Waals surface area contributed by atoms with E-state index in [-0.39, 0.29) is 5.69 Å². The summed E-state index contributed by atoms with van der Waals surface area (Å²) >= 11 is 0. The normalized spacial score (nSPS) is 12.0. The van der Waals surface area contributed by atoms with E-state index < -0.39 is 23.6 Å². The maximum atomic E-state index is 13.5. The fourth-order valence-electron chi connectivity index (χ4n) is 1.89. The Morgan fingerprint density at radius 1 is 1.43 bits per heavy atom. The van der Waals surface area contributed by atoms with Crippen LogP contribution in [0.2, 0.25) is 0 Å². The molecule has 0 radical (unpaired) electrons. The van der Waals surface area contributed by atoms with E-state index in [0.29, 0.717) is 24.9 Å². The first-order chi connectivity index (χ1) is 11.0. The maximum absolute atomic E-state index is 13.5. The number of nitrogens with zero attached hydrogens (tertiary/aromatic N) is 2. The van der Waals surface area contributed by atoms with Gasteiger partial charge in [0.25, 0.3) is 0 Å². The minimum absolute atomic E-state index is 0.0687. The number of rotatable bonds is 7. The van der Waals surface area contributed by atoms with Crippen molar-refractivity contribution in [1.29, 1.82) is 0 Å². The molecular formula is C15H18F2N4O2. The molecule has 1 aromatic carbocycles. The van der Waals surface area contributed by atoms with Crippen LogP contribution >= 0.6 is 0 Å². The third kappa shape index (κ3) is 4.75. The highest BCUT2D eigenvalue weighted by Crippen LogP contribution is 2.16. The summed E-state index contributed by atoms with van der Waals surface area (Å²) < 4.78 is 33.0. The molecule has 0 fully saturated rings. The number of hydrogen-bond donors (Lipinski definition) is 2. The summed E-state index contributed by atoms with van der Waals surface area (Å²) in [5.41, 5.74) is 0.587. The first kappa shape index (κ1) is 16.9. The molecule has 1 atom stereocenters. The van der Waals surface area contributed by atoms with Crippen LogP contribution in [0.4, 0.5) is 20.2 Å². The summed E-state index contributed by atoms with van der Waals surface area (Å²) in [6, 6.07) is 2.35. The highest BCUT2D eigenvalue weighted by atomic mass is 19.1. The summed E-state index contributed by atoms with van der Waals surface area (Å²) in [5, 5.41) is 9.48. The van der Waals surface area contributed by atoms with Crippen molar-refractivity contribution in [1.82, 2.24) is 9.78 Å². The number of anilines is 2. The number of amides is 1. The lowest BCUT2D eigenvalue weighted by molar-refractivity contribution is -0.116. The van der Waals surface area contributed by atoms with E-state index in [2.05, 4.69) is 15.7 Å². The van der Waals surface area contributed by atoms with Gasteiger partial charge in [-0.3, -0.25) is 9.48 Å². The molecule has 0 saturated heterocycles. The topological polar surface area (TPSA) is 68.2 Å². The van der Waals surface area contributed by atoms with Gasteiger partial charge in [0, 0.05) is 19.4 Å². The molecular weight excluding hydrogens is 306 g/mol. The lowest BCUT2D eigenvalue weighted by Crippen LogP contribution is -2.32. The van der Waals surface area contributed by atoms with E-state index in [1.54, 1.807) is 31.1 Å². The molecule has 8 heteroatoms. The largest absolute Gasteiger partial charge is 0.383 e. The van der Waals surface area contributed by atoms with Crippen LogP contribution in [-0.2, 0) is 16.1 Å². The number of ether oxygens (including phenoxy) is 1. The lowest BCUT2D eigenvalue weighted by atomic mass is 10.2. The summed E-state index contributed by atoms with van der Waals surface area (Å²) in [6.45, 7) is 2.75. The van der Waals surface area contributed by atoms with E-state index in [9.17, 15) is 13.6 Å².